The summed E-state index contributed by atoms with van der Waals surface area (Å²) in [4.78, 5) is 11.6. The number of carbonyl (C=O) groups is 1. The number of hydrogen-bond donors (Lipinski definition) is 2. The van der Waals surface area contributed by atoms with E-state index >= 15 is 0 Å². The van der Waals surface area contributed by atoms with Gasteiger partial charge in [-0.15, -0.1) is 0 Å². The fourth-order valence-corrected chi connectivity index (χ4v) is 1.99. The normalized spacial score (nSPS) is 10.0. The molecule has 0 bridgehead atoms. The molecular formula is C16H18N2O3. The van der Waals surface area contributed by atoms with Gasteiger partial charge in [0, 0.05) is 6.54 Å². The van der Waals surface area contributed by atoms with Gasteiger partial charge in [0.2, 0.25) is 0 Å². The third-order valence-electron chi connectivity index (χ3n) is 3.13. The summed E-state index contributed by atoms with van der Waals surface area (Å²) in [5.41, 5.74) is 8.48. The van der Waals surface area contributed by atoms with Crippen LogP contribution in [0.4, 0.5) is 11.4 Å². The van der Waals surface area contributed by atoms with E-state index in [1.54, 1.807) is 19.2 Å². The van der Waals surface area contributed by atoms with Gasteiger partial charge in [0.1, 0.15) is 5.75 Å². The summed E-state index contributed by atoms with van der Waals surface area (Å²) in [6, 6.07) is 12.9. The van der Waals surface area contributed by atoms with Gasteiger partial charge in [0.05, 0.1) is 31.2 Å². The van der Waals surface area contributed by atoms with Crippen LogP contribution in [0.5, 0.6) is 5.75 Å². The van der Waals surface area contributed by atoms with Crippen molar-refractivity contribution in [2.45, 2.75) is 6.54 Å². The van der Waals surface area contributed by atoms with Crippen LogP contribution in [-0.4, -0.2) is 20.2 Å². The molecule has 2 rings (SSSR count). The van der Waals surface area contributed by atoms with Gasteiger partial charge in [-0.25, -0.2) is 4.79 Å². The summed E-state index contributed by atoms with van der Waals surface area (Å²) in [6.07, 6.45) is 0. The van der Waals surface area contributed by atoms with Crippen LogP contribution in [0.2, 0.25) is 0 Å². The number of nitrogens with one attached hydrogen (secondary N) is 1. The van der Waals surface area contributed by atoms with Crippen molar-refractivity contribution in [2.75, 3.05) is 25.3 Å². The first kappa shape index (κ1) is 14.7. The van der Waals surface area contributed by atoms with Gasteiger partial charge in [0.25, 0.3) is 0 Å². The van der Waals surface area contributed by atoms with E-state index in [1.165, 1.54) is 7.11 Å². The van der Waals surface area contributed by atoms with Crippen molar-refractivity contribution < 1.29 is 14.3 Å². The van der Waals surface area contributed by atoms with E-state index in [2.05, 4.69) is 5.32 Å². The zero-order valence-electron chi connectivity index (χ0n) is 12.1. The minimum Gasteiger partial charge on any atom is -0.497 e. The number of anilines is 2. The summed E-state index contributed by atoms with van der Waals surface area (Å²) in [5.74, 6) is 0.350. The van der Waals surface area contributed by atoms with E-state index in [0.717, 1.165) is 11.3 Å². The maximum Gasteiger partial charge on any atom is 0.340 e. The Morgan fingerprint density at radius 3 is 2.67 bits per heavy atom. The highest BCUT2D eigenvalue weighted by Crippen LogP contribution is 2.24. The monoisotopic (exact) mass is 286 g/mol. The van der Waals surface area contributed by atoms with Gasteiger partial charge in [-0.1, -0.05) is 18.2 Å². The summed E-state index contributed by atoms with van der Waals surface area (Å²) in [7, 11) is 2.96. The molecule has 0 fully saturated rings. The second kappa shape index (κ2) is 6.65. The molecule has 3 N–H and O–H groups in total. The highest BCUT2D eigenvalue weighted by atomic mass is 16.5. The fourth-order valence-electron chi connectivity index (χ4n) is 1.99. The Bertz CT molecular complexity index is 641. The molecule has 0 heterocycles. The lowest BCUT2D eigenvalue weighted by molar-refractivity contribution is 0.0602. The lowest BCUT2D eigenvalue weighted by atomic mass is 10.1. The standard InChI is InChI=1S/C16H18N2O3/c1-20-12-6-3-5-11(9-12)10-18-14-8-4-7-13(15(14)17)16(19)21-2/h3-9,18H,10,17H2,1-2H3. The third kappa shape index (κ3) is 3.45. The smallest absolute Gasteiger partial charge is 0.340 e. The molecule has 5 nitrogen and oxygen atoms in total. The van der Waals surface area contributed by atoms with Crippen LogP contribution in [-0.2, 0) is 11.3 Å². The third-order valence-corrected chi connectivity index (χ3v) is 3.13. The van der Waals surface area contributed by atoms with Crippen molar-refractivity contribution in [3.8, 4) is 5.75 Å². The van der Waals surface area contributed by atoms with Gasteiger partial charge in [-0.2, -0.15) is 0 Å². The summed E-state index contributed by atoms with van der Waals surface area (Å²) >= 11 is 0. The Morgan fingerprint density at radius 1 is 1.19 bits per heavy atom. The van der Waals surface area contributed by atoms with Crippen molar-refractivity contribution in [2.24, 2.45) is 0 Å². The molecule has 0 aliphatic carbocycles. The molecule has 0 spiro atoms. The van der Waals surface area contributed by atoms with Crippen LogP contribution in [0.15, 0.2) is 42.5 Å². The first-order chi connectivity index (χ1) is 10.2. The largest absolute Gasteiger partial charge is 0.497 e. The quantitative estimate of drug-likeness (QED) is 0.653. The molecule has 0 aliphatic heterocycles. The van der Waals surface area contributed by atoms with Crippen LogP contribution >= 0.6 is 0 Å². The average Bonchev–Trinajstić information content (AvgIpc) is 2.53. The number of esters is 1. The summed E-state index contributed by atoms with van der Waals surface area (Å²) < 4.78 is 9.88. The van der Waals surface area contributed by atoms with Crippen molar-refractivity contribution in [1.82, 2.24) is 0 Å². The molecule has 0 saturated carbocycles. The first-order valence-corrected chi connectivity index (χ1v) is 6.49. The van der Waals surface area contributed by atoms with E-state index in [0.29, 0.717) is 23.5 Å². The van der Waals surface area contributed by atoms with Crippen molar-refractivity contribution in [3.05, 3.63) is 53.6 Å². The zero-order valence-corrected chi connectivity index (χ0v) is 12.1. The lowest BCUT2D eigenvalue weighted by Crippen LogP contribution is -2.09. The fraction of sp³-hybridized carbons (Fsp3) is 0.188. The minimum absolute atomic E-state index is 0.355. The Labute approximate surface area is 123 Å². The van der Waals surface area contributed by atoms with Crippen LogP contribution in [0, 0.1) is 0 Å². The topological polar surface area (TPSA) is 73.6 Å². The molecule has 0 radical (unpaired) electrons. The lowest BCUT2D eigenvalue weighted by Gasteiger charge is -2.12. The Balaban J connectivity index is 2.14. The second-order valence-electron chi connectivity index (χ2n) is 4.46. The number of para-hydroxylation sites is 1. The van der Waals surface area contributed by atoms with Crippen molar-refractivity contribution in [1.29, 1.82) is 0 Å². The first-order valence-electron chi connectivity index (χ1n) is 6.49. The number of hydrogen-bond acceptors (Lipinski definition) is 5. The molecular weight excluding hydrogens is 268 g/mol. The SMILES string of the molecule is COC(=O)c1cccc(NCc2cccc(OC)c2)c1N. The number of nitrogens with two attached hydrogens (primary N) is 1. The van der Waals surface area contributed by atoms with Gasteiger partial charge in [-0.3, -0.25) is 0 Å². The van der Waals surface area contributed by atoms with Gasteiger partial charge in [-0.05, 0) is 29.8 Å². The zero-order chi connectivity index (χ0) is 15.2. The van der Waals surface area contributed by atoms with E-state index in [1.807, 2.05) is 30.3 Å². The van der Waals surface area contributed by atoms with E-state index in [4.69, 9.17) is 15.2 Å². The number of ether oxygens (including phenoxy) is 2. The van der Waals surface area contributed by atoms with Crippen molar-refractivity contribution >= 4 is 17.3 Å². The minimum atomic E-state index is -0.447. The van der Waals surface area contributed by atoms with E-state index in [-0.39, 0.29) is 0 Å². The molecule has 5 heteroatoms. The number of benzene rings is 2. The highest BCUT2D eigenvalue weighted by Gasteiger charge is 2.12. The van der Waals surface area contributed by atoms with Crippen LogP contribution in [0.25, 0.3) is 0 Å². The predicted octanol–water partition coefficient (Wildman–Crippen LogP) is 2.68. The van der Waals surface area contributed by atoms with Crippen LogP contribution < -0.4 is 15.8 Å². The molecule has 21 heavy (non-hydrogen) atoms. The summed E-state index contributed by atoms with van der Waals surface area (Å²) in [6.45, 7) is 0.575. The number of methoxy groups -OCH3 is 2. The average molecular weight is 286 g/mol. The maximum atomic E-state index is 11.6. The number of carbonyl (C=O) groups excluding carboxylic acids is 1. The molecule has 0 unspecified atom stereocenters. The molecule has 0 aliphatic rings. The maximum absolute atomic E-state index is 11.6. The molecule has 2 aromatic carbocycles. The molecule has 0 atom stereocenters. The van der Waals surface area contributed by atoms with Gasteiger partial charge >= 0.3 is 5.97 Å². The Hall–Kier alpha value is -2.69. The Kier molecular flexibility index (Phi) is 4.66. The van der Waals surface area contributed by atoms with Crippen LogP contribution in [0.3, 0.4) is 0 Å². The number of rotatable bonds is 5. The molecule has 0 amide bonds. The van der Waals surface area contributed by atoms with Crippen LogP contribution in [0.1, 0.15) is 15.9 Å². The molecule has 110 valence electrons. The summed E-state index contributed by atoms with van der Waals surface area (Å²) in [5, 5.41) is 3.21. The number of nitrogen functional groups attached to an aromatic ring is 1. The van der Waals surface area contributed by atoms with E-state index in [9.17, 15) is 4.79 Å². The Morgan fingerprint density at radius 2 is 1.95 bits per heavy atom. The molecule has 2 aromatic rings. The predicted molar refractivity (Wildman–Crippen MR) is 82.5 cm³/mol. The van der Waals surface area contributed by atoms with Crippen molar-refractivity contribution in [3.63, 3.8) is 0 Å². The molecule has 0 aromatic heterocycles. The van der Waals surface area contributed by atoms with Gasteiger partial charge in [0.15, 0.2) is 0 Å². The molecule has 0 saturated heterocycles. The van der Waals surface area contributed by atoms with E-state index < -0.39 is 5.97 Å². The van der Waals surface area contributed by atoms with Gasteiger partial charge < -0.3 is 20.5 Å². The highest BCUT2D eigenvalue weighted by molar-refractivity contribution is 5.98. The second-order valence-corrected chi connectivity index (χ2v) is 4.46.